The van der Waals surface area contributed by atoms with E-state index < -0.39 is 0 Å². The molecule has 3 nitrogen and oxygen atoms in total. The van der Waals surface area contributed by atoms with Gasteiger partial charge < -0.3 is 14.7 Å². The molecular formula is C15H33N3. The average molecular weight is 255 g/mol. The zero-order valence-corrected chi connectivity index (χ0v) is 13.0. The van der Waals surface area contributed by atoms with Gasteiger partial charge in [-0.1, -0.05) is 13.3 Å². The highest BCUT2D eigenvalue weighted by Gasteiger charge is 2.11. The van der Waals surface area contributed by atoms with Crippen LogP contribution < -0.4 is 0 Å². The summed E-state index contributed by atoms with van der Waals surface area (Å²) in [6.45, 7) is 15.7. The van der Waals surface area contributed by atoms with Crippen LogP contribution in [0.15, 0.2) is 0 Å². The molecule has 0 radical (unpaired) electrons. The third kappa shape index (κ3) is 6.17. The fourth-order valence-electron chi connectivity index (χ4n) is 2.60. The summed E-state index contributed by atoms with van der Waals surface area (Å²) in [6.07, 6.45) is 4.28. The fourth-order valence-corrected chi connectivity index (χ4v) is 2.60. The van der Waals surface area contributed by atoms with E-state index in [0.29, 0.717) is 0 Å². The van der Waals surface area contributed by atoms with Crippen molar-refractivity contribution in [3.8, 4) is 0 Å². The Kier molecular flexibility index (Phi) is 7.87. The molecule has 0 N–H and O–H groups in total. The first-order valence-corrected chi connectivity index (χ1v) is 7.78. The van der Waals surface area contributed by atoms with Crippen molar-refractivity contribution in [2.24, 2.45) is 0 Å². The normalized spacial score (nSPS) is 23.8. The largest absolute Gasteiger partial charge is 0.304 e. The molecule has 0 aromatic rings. The van der Waals surface area contributed by atoms with E-state index in [9.17, 15) is 0 Å². The van der Waals surface area contributed by atoms with Crippen LogP contribution in [0.1, 0.15) is 40.0 Å². The van der Waals surface area contributed by atoms with Crippen LogP contribution in [0.4, 0.5) is 0 Å². The van der Waals surface area contributed by atoms with Crippen LogP contribution in [0.2, 0.25) is 0 Å². The van der Waals surface area contributed by atoms with Crippen molar-refractivity contribution < 1.29 is 0 Å². The number of rotatable bonds is 2. The lowest BCUT2D eigenvalue weighted by Gasteiger charge is -2.31. The Hall–Kier alpha value is -0.120. The molecule has 18 heavy (non-hydrogen) atoms. The lowest BCUT2D eigenvalue weighted by Crippen LogP contribution is -2.44. The Morgan fingerprint density at radius 1 is 0.833 bits per heavy atom. The summed E-state index contributed by atoms with van der Waals surface area (Å²) >= 11 is 0. The van der Waals surface area contributed by atoms with Crippen LogP contribution in [-0.2, 0) is 0 Å². The maximum atomic E-state index is 2.56. The van der Waals surface area contributed by atoms with E-state index in [1.54, 1.807) is 0 Å². The van der Waals surface area contributed by atoms with Gasteiger partial charge in [0, 0.05) is 32.2 Å². The first-order valence-electron chi connectivity index (χ1n) is 7.78. The summed E-state index contributed by atoms with van der Waals surface area (Å²) < 4.78 is 0. The second kappa shape index (κ2) is 8.89. The van der Waals surface area contributed by atoms with Gasteiger partial charge >= 0.3 is 0 Å². The topological polar surface area (TPSA) is 9.72 Å². The molecule has 0 atom stereocenters. The van der Waals surface area contributed by atoms with E-state index in [0.717, 1.165) is 6.04 Å². The van der Waals surface area contributed by atoms with Gasteiger partial charge in [0.1, 0.15) is 0 Å². The van der Waals surface area contributed by atoms with E-state index in [1.807, 2.05) is 0 Å². The van der Waals surface area contributed by atoms with Gasteiger partial charge in [-0.15, -0.1) is 0 Å². The van der Waals surface area contributed by atoms with Gasteiger partial charge in [-0.05, 0) is 53.4 Å². The number of nitrogens with zero attached hydrogens (tertiary/aromatic N) is 3. The van der Waals surface area contributed by atoms with Crippen molar-refractivity contribution in [1.29, 1.82) is 0 Å². The lowest BCUT2D eigenvalue weighted by molar-refractivity contribution is 0.160. The number of hydrogen-bond acceptors (Lipinski definition) is 3. The summed E-state index contributed by atoms with van der Waals surface area (Å²) in [5.74, 6) is 0. The third-order valence-corrected chi connectivity index (χ3v) is 4.16. The second-order valence-corrected chi connectivity index (χ2v) is 5.93. The smallest absolute Gasteiger partial charge is 0.0110 e. The van der Waals surface area contributed by atoms with Gasteiger partial charge in [0.15, 0.2) is 0 Å². The molecule has 0 spiro atoms. The summed E-state index contributed by atoms with van der Waals surface area (Å²) in [7, 11) is 2.19. The van der Waals surface area contributed by atoms with Gasteiger partial charge in [0.2, 0.25) is 0 Å². The molecule has 0 aromatic heterocycles. The van der Waals surface area contributed by atoms with Crippen LogP contribution in [0.5, 0.6) is 0 Å². The maximum absolute atomic E-state index is 2.56. The molecule has 0 aliphatic carbocycles. The predicted octanol–water partition coefficient (Wildman–Crippen LogP) is 2.13. The van der Waals surface area contributed by atoms with Gasteiger partial charge in [-0.25, -0.2) is 0 Å². The Morgan fingerprint density at radius 2 is 1.39 bits per heavy atom. The molecule has 2 aliphatic heterocycles. The Bertz CT molecular complexity index is 192. The molecule has 0 aromatic carbocycles. The Labute approximate surface area is 114 Å². The fraction of sp³-hybridized carbons (Fsp3) is 1.00. The Morgan fingerprint density at radius 3 is 1.78 bits per heavy atom. The minimum absolute atomic E-state index is 0.769. The summed E-state index contributed by atoms with van der Waals surface area (Å²) in [5, 5.41) is 0. The van der Waals surface area contributed by atoms with E-state index in [1.165, 1.54) is 65.1 Å². The van der Waals surface area contributed by atoms with E-state index in [4.69, 9.17) is 0 Å². The lowest BCUT2D eigenvalue weighted by atomic mass is 10.1. The standard InChI is InChI=1S/C8H17N.C7H16N2/c1-8(2)9-6-4-3-5-7-9;1-3-9-6-4-8(2)5-7-9/h8H,3-7H2,1-2H3;3-7H2,1-2H3. The molecule has 2 saturated heterocycles. The number of piperazine rings is 1. The van der Waals surface area contributed by atoms with Crippen molar-refractivity contribution >= 4 is 0 Å². The summed E-state index contributed by atoms with van der Waals surface area (Å²) in [4.78, 5) is 7.43. The zero-order valence-electron chi connectivity index (χ0n) is 13.0. The summed E-state index contributed by atoms with van der Waals surface area (Å²) in [6, 6.07) is 0.769. The predicted molar refractivity (Wildman–Crippen MR) is 80.2 cm³/mol. The highest BCUT2D eigenvalue weighted by atomic mass is 15.2. The molecule has 0 unspecified atom stereocenters. The quantitative estimate of drug-likeness (QED) is 0.748. The average Bonchev–Trinajstić information content (AvgIpc) is 2.41. The highest BCUT2D eigenvalue weighted by Crippen LogP contribution is 2.10. The number of piperidine rings is 1. The molecule has 108 valence electrons. The first-order chi connectivity index (χ1) is 8.63. The first kappa shape index (κ1) is 15.9. The van der Waals surface area contributed by atoms with Crippen LogP contribution >= 0.6 is 0 Å². The SMILES string of the molecule is CC(C)N1CCCCC1.CCN1CCN(C)CC1. The van der Waals surface area contributed by atoms with E-state index >= 15 is 0 Å². The van der Waals surface area contributed by atoms with Crippen LogP contribution in [0.25, 0.3) is 0 Å². The van der Waals surface area contributed by atoms with Crippen LogP contribution in [0, 0.1) is 0 Å². The minimum Gasteiger partial charge on any atom is -0.304 e. The van der Waals surface area contributed by atoms with Crippen molar-refractivity contribution in [3.05, 3.63) is 0 Å². The van der Waals surface area contributed by atoms with Gasteiger partial charge in [-0.2, -0.15) is 0 Å². The second-order valence-electron chi connectivity index (χ2n) is 5.93. The molecule has 2 rings (SSSR count). The summed E-state index contributed by atoms with van der Waals surface area (Å²) in [5.41, 5.74) is 0. The number of likely N-dealkylation sites (N-methyl/N-ethyl adjacent to an activating group) is 2. The zero-order chi connectivity index (χ0) is 13.4. The van der Waals surface area contributed by atoms with E-state index in [2.05, 4.69) is 42.5 Å². The molecular weight excluding hydrogens is 222 g/mol. The molecule has 2 aliphatic rings. The molecule has 2 heterocycles. The maximum Gasteiger partial charge on any atom is 0.0110 e. The van der Waals surface area contributed by atoms with Crippen molar-refractivity contribution in [2.75, 3.05) is 52.9 Å². The molecule has 0 saturated carbocycles. The van der Waals surface area contributed by atoms with Crippen molar-refractivity contribution in [1.82, 2.24) is 14.7 Å². The molecule has 0 amide bonds. The van der Waals surface area contributed by atoms with Crippen LogP contribution in [-0.4, -0.2) is 73.6 Å². The van der Waals surface area contributed by atoms with Gasteiger partial charge in [0.05, 0.1) is 0 Å². The van der Waals surface area contributed by atoms with Gasteiger partial charge in [0.25, 0.3) is 0 Å². The Balaban J connectivity index is 0.000000180. The van der Waals surface area contributed by atoms with Gasteiger partial charge in [-0.3, -0.25) is 0 Å². The monoisotopic (exact) mass is 255 g/mol. The van der Waals surface area contributed by atoms with Crippen molar-refractivity contribution in [3.63, 3.8) is 0 Å². The molecule has 0 bridgehead atoms. The molecule has 2 fully saturated rings. The van der Waals surface area contributed by atoms with Crippen LogP contribution in [0.3, 0.4) is 0 Å². The minimum atomic E-state index is 0.769. The number of hydrogen-bond donors (Lipinski definition) is 0. The van der Waals surface area contributed by atoms with Crippen molar-refractivity contribution in [2.45, 2.75) is 46.1 Å². The third-order valence-electron chi connectivity index (χ3n) is 4.16. The molecule has 3 heteroatoms. The van der Waals surface area contributed by atoms with E-state index in [-0.39, 0.29) is 0 Å². The highest BCUT2D eigenvalue weighted by molar-refractivity contribution is 4.67. The number of likely N-dealkylation sites (tertiary alicyclic amines) is 1.